The Labute approximate surface area is 185 Å². The van der Waals surface area contributed by atoms with Gasteiger partial charge in [0.2, 0.25) is 0 Å². The van der Waals surface area contributed by atoms with E-state index in [4.69, 9.17) is 4.98 Å². The van der Waals surface area contributed by atoms with Gasteiger partial charge in [0.1, 0.15) is 5.82 Å². The second kappa shape index (κ2) is 8.09. The Balaban J connectivity index is 1.69. The summed E-state index contributed by atoms with van der Waals surface area (Å²) < 4.78 is 3.82. The monoisotopic (exact) mass is 436 g/mol. The van der Waals surface area contributed by atoms with Crippen LogP contribution in [0.25, 0.3) is 11.0 Å². The summed E-state index contributed by atoms with van der Waals surface area (Å²) in [7, 11) is 0. The number of rotatable bonds is 3. The molecule has 1 unspecified atom stereocenters. The highest BCUT2D eigenvalue weighted by Gasteiger charge is 2.32. The SMILES string of the molecule is CC1CCc2c(ccc3c2nc(Cn2ccccc2=O)n3[C@H]2CCC[C@H](O)C2)N1C(=O)O. The quantitative estimate of drug-likeness (QED) is 0.654. The van der Waals surface area contributed by atoms with E-state index >= 15 is 0 Å². The largest absolute Gasteiger partial charge is 0.465 e. The topological polar surface area (TPSA) is 101 Å². The Bertz CT molecular complexity index is 1230. The fourth-order valence-corrected chi connectivity index (χ4v) is 5.37. The van der Waals surface area contributed by atoms with Crippen LogP contribution in [0.5, 0.6) is 0 Å². The van der Waals surface area contributed by atoms with Crippen LogP contribution in [0.1, 0.15) is 56.5 Å². The van der Waals surface area contributed by atoms with E-state index in [1.54, 1.807) is 16.8 Å². The lowest BCUT2D eigenvalue weighted by atomic mass is 9.92. The van der Waals surface area contributed by atoms with Gasteiger partial charge < -0.3 is 19.3 Å². The van der Waals surface area contributed by atoms with Crippen molar-refractivity contribution in [3.63, 3.8) is 0 Å². The van der Waals surface area contributed by atoms with Crippen LogP contribution in [-0.2, 0) is 13.0 Å². The summed E-state index contributed by atoms with van der Waals surface area (Å²) in [5, 5.41) is 20.1. The Hall–Kier alpha value is -3.13. The lowest BCUT2D eigenvalue weighted by Gasteiger charge is -2.33. The molecule has 1 aromatic carbocycles. The molecular weight excluding hydrogens is 408 g/mol. The Morgan fingerprint density at radius 2 is 2.03 bits per heavy atom. The molecule has 8 nitrogen and oxygen atoms in total. The number of pyridine rings is 1. The van der Waals surface area contributed by atoms with Gasteiger partial charge >= 0.3 is 6.09 Å². The maximum atomic E-state index is 12.4. The van der Waals surface area contributed by atoms with Crippen molar-refractivity contribution in [2.75, 3.05) is 4.90 Å². The highest BCUT2D eigenvalue weighted by atomic mass is 16.4. The predicted octanol–water partition coefficient (Wildman–Crippen LogP) is 3.54. The van der Waals surface area contributed by atoms with E-state index in [-0.39, 0.29) is 23.7 Å². The summed E-state index contributed by atoms with van der Waals surface area (Å²) in [5.41, 5.74) is 3.30. The first-order valence-electron chi connectivity index (χ1n) is 11.3. The number of hydrogen-bond acceptors (Lipinski definition) is 4. The first-order valence-corrected chi connectivity index (χ1v) is 11.3. The van der Waals surface area contributed by atoms with E-state index < -0.39 is 6.09 Å². The number of anilines is 1. The average Bonchev–Trinajstić information content (AvgIpc) is 3.13. The zero-order valence-electron chi connectivity index (χ0n) is 18.1. The Kier molecular flexibility index (Phi) is 5.25. The molecule has 3 heterocycles. The molecule has 1 amide bonds. The van der Waals surface area contributed by atoms with Crippen molar-refractivity contribution in [2.24, 2.45) is 0 Å². The summed E-state index contributed by atoms with van der Waals surface area (Å²) in [6.07, 6.45) is 5.27. The highest BCUT2D eigenvalue weighted by molar-refractivity contribution is 5.94. The molecule has 1 aliphatic carbocycles. The van der Waals surface area contributed by atoms with Gasteiger partial charge in [-0.15, -0.1) is 0 Å². The molecule has 1 fully saturated rings. The average molecular weight is 437 g/mol. The van der Waals surface area contributed by atoms with Crippen molar-refractivity contribution in [3.8, 4) is 0 Å². The normalized spacial score (nSPS) is 23.3. The van der Waals surface area contributed by atoms with Gasteiger partial charge in [0, 0.05) is 29.9 Å². The Morgan fingerprint density at radius 1 is 1.19 bits per heavy atom. The number of amides is 1. The Morgan fingerprint density at radius 3 is 2.78 bits per heavy atom. The molecule has 1 aliphatic heterocycles. The van der Waals surface area contributed by atoms with E-state index in [1.165, 1.54) is 11.0 Å². The number of aromatic nitrogens is 3. The number of benzene rings is 1. The summed E-state index contributed by atoms with van der Waals surface area (Å²) in [6, 6.07) is 8.92. The molecule has 32 heavy (non-hydrogen) atoms. The van der Waals surface area contributed by atoms with Gasteiger partial charge in [-0.25, -0.2) is 9.78 Å². The predicted molar refractivity (Wildman–Crippen MR) is 121 cm³/mol. The number of carboxylic acid groups (broad SMARTS) is 1. The number of hydrogen-bond donors (Lipinski definition) is 2. The number of aliphatic hydroxyl groups excluding tert-OH is 1. The van der Waals surface area contributed by atoms with Gasteiger partial charge in [-0.3, -0.25) is 9.69 Å². The molecule has 0 saturated heterocycles. The van der Waals surface area contributed by atoms with Crippen LogP contribution in [0.3, 0.4) is 0 Å². The van der Waals surface area contributed by atoms with Crippen LogP contribution in [0.4, 0.5) is 10.5 Å². The van der Waals surface area contributed by atoms with E-state index in [0.717, 1.165) is 54.5 Å². The second-order valence-corrected chi connectivity index (χ2v) is 9.01. The van der Waals surface area contributed by atoms with Crippen LogP contribution >= 0.6 is 0 Å². The minimum atomic E-state index is -0.955. The lowest BCUT2D eigenvalue weighted by Crippen LogP contribution is -2.41. The lowest BCUT2D eigenvalue weighted by molar-refractivity contribution is 0.104. The fourth-order valence-electron chi connectivity index (χ4n) is 5.37. The van der Waals surface area contributed by atoms with Crippen molar-refractivity contribution in [3.05, 3.63) is 58.3 Å². The van der Waals surface area contributed by atoms with Crippen molar-refractivity contribution < 1.29 is 15.0 Å². The first-order chi connectivity index (χ1) is 15.4. The zero-order valence-corrected chi connectivity index (χ0v) is 18.1. The summed E-state index contributed by atoms with van der Waals surface area (Å²) in [4.78, 5) is 30.7. The summed E-state index contributed by atoms with van der Waals surface area (Å²) in [6.45, 7) is 2.26. The van der Waals surface area contributed by atoms with Crippen molar-refractivity contribution in [2.45, 2.75) is 70.2 Å². The molecule has 3 aromatic rings. The van der Waals surface area contributed by atoms with Crippen molar-refractivity contribution in [1.82, 2.24) is 14.1 Å². The van der Waals surface area contributed by atoms with Crippen LogP contribution < -0.4 is 10.5 Å². The first kappa shape index (κ1) is 20.8. The maximum Gasteiger partial charge on any atom is 0.412 e. The number of fused-ring (bicyclic) bond motifs is 3. The molecule has 2 aliphatic rings. The van der Waals surface area contributed by atoms with Crippen LogP contribution in [0, 0.1) is 0 Å². The molecule has 8 heteroatoms. The minimum Gasteiger partial charge on any atom is -0.465 e. The molecule has 168 valence electrons. The highest BCUT2D eigenvalue weighted by Crippen LogP contribution is 2.39. The number of aryl methyl sites for hydroxylation is 1. The number of nitrogens with zero attached hydrogens (tertiary/aromatic N) is 4. The van der Waals surface area contributed by atoms with E-state index in [9.17, 15) is 19.8 Å². The molecule has 0 radical (unpaired) electrons. The molecule has 5 rings (SSSR count). The van der Waals surface area contributed by atoms with Crippen LogP contribution in [0.2, 0.25) is 0 Å². The maximum absolute atomic E-state index is 12.4. The molecule has 0 bridgehead atoms. The third-order valence-corrected chi connectivity index (χ3v) is 6.93. The third kappa shape index (κ3) is 3.48. The van der Waals surface area contributed by atoms with Gasteiger partial charge in [-0.1, -0.05) is 6.07 Å². The summed E-state index contributed by atoms with van der Waals surface area (Å²) >= 11 is 0. The van der Waals surface area contributed by atoms with Gasteiger partial charge in [0.15, 0.2) is 0 Å². The van der Waals surface area contributed by atoms with E-state index in [1.807, 2.05) is 25.1 Å². The van der Waals surface area contributed by atoms with Crippen molar-refractivity contribution >= 4 is 22.8 Å². The van der Waals surface area contributed by atoms with E-state index in [0.29, 0.717) is 18.7 Å². The van der Waals surface area contributed by atoms with Crippen LogP contribution in [-0.4, -0.2) is 42.6 Å². The van der Waals surface area contributed by atoms with Crippen LogP contribution in [0.15, 0.2) is 41.3 Å². The summed E-state index contributed by atoms with van der Waals surface area (Å²) in [5.74, 6) is 0.765. The fraction of sp³-hybridized carbons (Fsp3) is 0.458. The van der Waals surface area contributed by atoms with Gasteiger partial charge in [-0.05, 0) is 63.6 Å². The molecule has 2 N–H and O–H groups in total. The van der Waals surface area contributed by atoms with Gasteiger partial charge in [-0.2, -0.15) is 0 Å². The smallest absolute Gasteiger partial charge is 0.412 e. The molecule has 0 spiro atoms. The minimum absolute atomic E-state index is 0.0876. The number of aliphatic hydroxyl groups is 1. The van der Waals surface area contributed by atoms with Gasteiger partial charge in [0.05, 0.1) is 29.4 Å². The number of carbonyl (C=O) groups is 1. The second-order valence-electron chi connectivity index (χ2n) is 9.01. The molecule has 1 saturated carbocycles. The van der Waals surface area contributed by atoms with Gasteiger partial charge in [0.25, 0.3) is 5.56 Å². The molecule has 2 aromatic heterocycles. The third-order valence-electron chi connectivity index (χ3n) is 6.93. The number of imidazole rings is 1. The standard InChI is InChI=1S/C24H28N4O4/c1-15-8-9-18-19(27(15)24(31)32)10-11-20-23(18)25-21(14-26-12-3-2-7-22(26)30)28(20)16-5-4-6-17(29)13-16/h2-3,7,10-12,15-17,29H,4-6,8-9,13-14H2,1H3,(H,31,32)/t15?,16-,17-/m0/s1. The zero-order chi connectivity index (χ0) is 22.4. The molecule has 3 atom stereocenters. The van der Waals surface area contributed by atoms with E-state index in [2.05, 4.69) is 4.57 Å². The van der Waals surface area contributed by atoms with Crippen molar-refractivity contribution in [1.29, 1.82) is 0 Å². The molecular formula is C24H28N4O4.